The van der Waals surface area contributed by atoms with Crippen molar-refractivity contribution in [1.29, 1.82) is 0 Å². The largest absolute Gasteiger partial charge is 0.298 e. The summed E-state index contributed by atoms with van der Waals surface area (Å²) in [6.07, 6.45) is 5.20. The SMILES string of the molecule is C=CCn1c(Sc2ccc3nnc(-c4ccccc4F)n3n2)nnc1-c1ccncc1. The van der Waals surface area contributed by atoms with Gasteiger partial charge in [0.15, 0.2) is 22.5 Å². The molecule has 10 heteroatoms. The van der Waals surface area contributed by atoms with Gasteiger partial charge in [0.25, 0.3) is 0 Å². The molecule has 5 rings (SSSR count). The number of nitrogens with zero attached hydrogens (tertiary/aromatic N) is 8. The molecule has 0 aliphatic rings. The van der Waals surface area contributed by atoms with Crippen LogP contribution in [-0.2, 0) is 6.54 Å². The highest BCUT2D eigenvalue weighted by Gasteiger charge is 2.17. The number of hydrogen-bond donors (Lipinski definition) is 0. The van der Waals surface area contributed by atoms with E-state index < -0.39 is 0 Å². The Morgan fingerprint density at radius 2 is 1.74 bits per heavy atom. The maximum absolute atomic E-state index is 14.3. The molecule has 0 aliphatic heterocycles. The topological polar surface area (TPSA) is 86.7 Å². The van der Waals surface area contributed by atoms with Crippen LogP contribution in [0, 0.1) is 5.82 Å². The van der Waals surface area contributed by atoms with Crippen LogP contribution >= 0.6 is 11.8 Å². The number of pyridine rings is 1. The molecule has 152 valence electrons. The molecule has 8 nitrogen and oxygen atoms in total. The lowest BCUT2D eigenvalue weighted by Crippen LogP contribution is -2.02. The van der Waals surface area contributed by atoms with E-state index in [0.29, 0.717) is 39.6 Å². The van der Waals surface area contributed by atoms with Gasteiger partial charge in [-0.05, 0) is 48.2 Å². The molecule has 0 fully saturated rings. The van der Waals surface area contributed by atoms with Crippen LogP contribution in [0.1, 0.15) is 0 Å². The van der Waals surface area contributed by atoms with E-state index in [1.807, 2.05) is 22.8 Å². The minimum Gasteiger partial charge on any atom is -0.298 e. The molecule has 0 aliphatic carbocycles. The minimum atomic E-state index is -0.385. The van der Waals surface area contributed by atoms with Crippen molar-refractivity contribution in [3.63, 3.8) is 0 Å². The van der Waals surface area contributed by atoms with Crippen molar-refractivity contribution >= 4 is 17.4 Å². The molecule has 0 unspecified atom stereocenters. The molecule has 4 aromatic heterocycles. The summed E-state index contributed by atoms with van der Waals surface area (Å²) in [6.45, 7) is 4.37. The second-order valence-electron chi connectivity index (χ2n) is 6.49. The number of aromatic nitrogens is 8. The van der Waals surface area contributed by atoms with Gasteiger partial charge >= 0.3 is 0 Å². The van der Waals surface area contributed by atoms with Crippen molar-refractivity contribution in [3.05, 3.63) is 79.4 Å². The zero-order valence-corrected chi connectivity index (χ0v) is 16.9. The van der Waals surface area contributed by atoms with E-state index in [9.17, 15) is 4.39 Å². The highest BCUT2D eigenvalue weighted by Crippen LogP contribution is 2.29. The Hall–Kier alpha value is -3.92. The van der Waals surface area contributed by atoms with Gasteiger partial charge in [0, 0.05) is 24.5 Å². The van der Waals surface area contributed by atoms with Gasteiger partial charge < -0.3 is 0 Å². The lowest BCUT2D eigenvalue weighted by atomic mass is 10.2. The highest BCUT2D eigenvalue weighted by molar-refractivity contribution is 7.99. The van der Waals surface area contributed by atoms with Crippen LogP contribution in [0.25, 0.3) is 28.4 Å². The van der Waals surface area contributed by atoms with E-state index in [-0.39, 0.29) is 5.82 Å². The number of halogens is 1. The van der Waals surface area contributed by atoms with Crippen molar-refractivity contribution in [3.8, 4) is 22.8 Å². The molecular formula is C21H15FN8S. The molecular weight excluding hydrogens is 415 g/mol. The van der Waals surface area contributed by atoms with Gasteiger partial charge in [-0.2, -0.15) is 9.61 Å². The second-order valence-corrected chi connectivity index (χ2v) is 7.48. The molecule has 0 atom stereocenters. The smallest absolute Gasteiger partial charge is 0.198 e. The molecule has 0 radical (unpaired) electrons. The zero-order chi connectivity index (χ0) is 21.2. The maximum atomic E-state index is 14.3. The van der Waals surface area contributed by atoms with E-state index in [0.717, 1.165) is 5.56 Å². The Morgan fingerprint density at radius 3 is 2.55 bits per heavy atom. The quantitative estimate of drug-likeness (QED) is 0.377. The predicted octanol–water partition coefficient (Wildman–Crippen LogP) is 3.92. The Kier molecular flexibility index (Phi) is 4.97. The van der Waals surface area contributed by atoms with Crippen LogP contribution < -0.4 is 0 Å². The molecule has 4 heterocycles. The van der Waals surface area contributed by atoms with Crippen molar-refractivity contribution in [1.82, 2.24) is 39.6 Å². The summed E-state index contributed by atoms with van der Waals surface area (Å²) in [5.74, 6) is 0.659. The standard InChI is InChI=1S/C21H15FN8S/c1-2-13-29-19(14-9-11-23-12-10-14)25-27-21(29)31-18-8-7-17-24-26-20(30(17)28-18)15-5-3-4-6-16(15)22/h2-12H,1,13H2. The molecule has 1 aromatic carbocycles. The number of benzene rings is 1. The predicted molar refractivity (Wildman–Crippen MR) is 114 cm³/mol. The van der Waals surface area contributed by atoms with E-state index in [4.69, 9.17) is 0 Å². The van der Waals surface area contributed by atoms with Gasteiger partial charge in [-0.15, -0.1) is 27.0 Å². The van der Waals surface area contributed by atoms with Crippen molar-refractivity contribution in [2.75, 3.05) is 0 Å². The van der Waals surface area contributed by atoms with Crippen LogP contribution in [0.4, 0.5) is 4.39 Å². The summed E-state index contributed by atoms with van der Waals surface area (Å²) in [6, 6.07) is 13.8. The van der Waals surface area contributed by atoms with E-state index in [1.54, 1.807) is 42.7 Å². The van der Waals surface area contributed by atoms with Gasteiger partial charge in [0.05, 0.1) is 5.56 Å². The summed E-state index contributed by atoms with van der Waals surface area (Å²) in [7, 11) is 0. The van der Waals surface area contributed by atoms with Crippen LogP contribution in [-0.4, -0.2) is 39.6 Å². The number of fused-ring (bicyclic) bond motifs is 1. The van der Waals surface area contributed by atoms with Gasteiger partial charge in [-0.3, -0.25) is 9.55 Å². The Labute approximate surface area is 180 Å². The summed E-state index contributed by atoms with van der Waals surface area (Å²) >= 11 is 1.34. The third kappa shape index (κ3) is 3.57. The monoisotopic (exact) mass is 430 g/mol. The molecule has 0 amide bonds. The molecule has 0 saturated heterocycles. The normalized spacial score (nSPS) is 11.1. The summed E-state index contributed by atoms with van der Waals surface area (Å²) in [4.78, 5) is 4.05. The first-order valence-corrected chi connectivity index (χ1v) is 10.2. The molecule has 0 N–H and O–H groups in total. The van der Waals surface area contributed by atoms with Crippen LogP contribution in [0.2, 0.25) is 0 Å². The van der Waals surface area contributed by atoms with Crippen LogP contribution in [0.15, 0.2) is 83.8 Å². The van der Waals surface area contributed by atoms with Crippen molar-refractivity contribution < 1.29 is 4.39 Å². The molecule has 0 saturated carbocycles. The fourth-order valence-corrected chi connectivity index (χ4v) is 3.90. The Morgan fingerprint density at radius 1 is 0.935 bits per heavy atom. The first-order chi connectivity index (χ1) is 15.2. The third-order valence-corrected chi connectivity index (χ3v) is 5.43. The van der Waals surface area contributed by atoms with Gasteiger partial charge in [-0.25, -0.2) is 4.39 Å². The van der Waals surface area contributed by atoms with Crippen LogP contribution in [0.5, 0.6) is 0 Å². The number of allylic oxidation sites excluding steroid dienone is 1. The van der Waals surface area contributed by atoms with Crippen LogP contribution in [0.3, 0.4) is 0 Å². The lowest BCUT2D eigenvalue weighted by molar-refractivity contribution is 0.629. The van der Waals surface area contributed by atoms with Crippen molar-refractivity contribution in [2.45, 2.75) is 16.7 Å². The molecule has 0 spiro atoms. The van der Waals surface area contributed by atoms with Gasteiger partial charge in [0.2, 0.25) is 0 Å². The first-order valence-electron chi connectivity index (χ1n) is 9.34. The highest BCUT2D eigenvalue weighted by atomic mass is 32.2. The maximum Gasteiger partial charge on any atom is 0.198 e. The minimum absolute atomic E-state index is 0.333. The number of rotatable bonds is 6. The fraction of sp³-hybridized carbons (Fsp3) is 0.0476. The lowest BCUT2D eigenvalue weighted by Gasteiger charge is -2.07. The van der Waals surface area contributed by atoms with Crippen molar-refractivity contribution in [2.24, 2.45) is 0 Å². The van der Waals surface area contributed by atoms with Gasteiger partial charge in [-0.1, -0.05) is 18.2 Å². The van der Waals surface area contributed by atoms with E-state index in [2.05, 4.69) is 37.1 Å². The molecule has 31 heavy (non-hydrogen) atoms. The summed E-state index contributed by atoms with van der Waals surface area (Å²) in [5, 5.41) is 22.8. The van der Waals surface area contributed by atoms with E-state index in [1.165, 1.54) is 22.3 Å². The van der Waals surface area contributed by atoms with E-state index >= 15 is 0 Å². The summed E-state index contributed by atoms with van der Waals surface area (Å²) in [5.41, 5.74) is 1.76. The average molecular weight is 430 g/mol. The Balaban J connectivity index is 1.54. The fourth-order valence-electron chi connectivity index (χ4n) is 3.10. The third-order valence-electron chi connectivity index (χ3n) is 4.52. The Bertz CT molecular complexity index is 1380. The van der Waals surface area contributed by atoms with Gasteiger partial charge in [0.1, 0.15) is 10.8 Å². The summed E-state index contributed by atoms with van der Waals surface area (Å²) < 4.78 is 17.8. The zero-order valence-electron chi connectivity index (χ0n) is 16.1. The molecule has 5 aromatic rings. The molecule has 0 bridgehead atoms. The second kappa shape index (κ2) is 8.07. The first kappa shape index (κ1) is 19.1. The number of hydrogen-bond acceptors (Lipinski definition) is 7. The average Bonchev–Trinajstić information content (AvgIpc) is 3.39.